The summed E-state index contributed by atoms with van der Waals surface area (Å²) in [6, 6.07) is 12.5. The van der Waals surface area contributed by atoms with Crippen LogP contribution in [0.2, 0.25) is 0 Å². The van der Waals surface area contributed by atoms with E-state index in [9.17, 15) is 5.26 Å². The van der Waals surface area contributed by atoms with Crippen LogP contribution in [0.4, 0.5) is 0 Å². The summed E-state index contributed by atoms with van der Waals surface area (Å²) in [4.78, 5) is 0. The molecule has 1 aromatic rings. The topological polar surface area (TPSA) is 35.8 Å². The van der Waals surface area contributed by atoms with E-state index in [2.05, 4.69) is 11.4 Å². The van der Waals surface area contributed by atoms with Crippen LogP contribution >= 0.6 is 0 Å². The third-order valence-electron chi connectivity index (χ3n) is 2.70. The average Bonchev–Trinajstić information content (AvgIpc) is 2.69. The molecule has 13 heavy (non-hydrogen) atoms. The van der Waals surface area contributed by atoms with Crippen molar-refractivity contribution in [1.29, 1.82) is 5.26 Å². The fourth-order valence-electron chi connectivity index (χ4n) is 1.86. The molecule has 1 aliphatic rings. The first-order valence-corrected chi connectivity index (χ1v) is 4.55. The van der Waals surface area contributed by atoms with Crippen molar-refractivity contribution in [3.8, 4) is 6.07 Å². The maximum Gasteiger partial charge on any atom is 0.0958 e. The highest BCUT2D eigenvalue weighted by Crippen LogP contribution is 2.29. The Kier molecular flexibility index (Phi) is 2.03. The van der Waals surface area contributed by atoms with Crippen LogP contribution in [0.1, 0.15) is 12.0 Å². The number of rotatable bonds is 1. The minimum absolute atomic E-state index is 0.277. The number of hydrogen-bond donors (Lipinski definition) is 1. The lowest BCUT2D eigenvalue weighted by atomic mass is 9.81. The number of hydrogen-bond acceptors (Lipinski definition) is 2. The Balaban J connectivity index is 2.38. The fraction of sp³-hybridized carbons (Fsp3) is 0.364. The smallest absolute Gasteiger partial charge is 0.0958 e. The van der Waals surface area contributed by atoms with E-state index in [0.717, 1.165) is 25.1 Å². The molecule has 2 rings (SSSR count). The van der Waals surface area contributed by atoms with Crippen molar-refractivity contribution >= 4 is 0 Å². The molecule has 1 N–H and O–H groups in total. The van der Waals surface area contributed by atoms with Crippen LogP contribution in [0.5, 0.6) is 0 Å². The molecule has 0 aliphatic carbocycles. The highest BCUT2D eigenvalue weighted by molar-refractivity contribution is 5.34. The summed E-state index contributed by atoms with van der Waals surface area (Å²) in [5, 5.41) is 12.4. The van der Waals surface area contributed by atoms with Gasteiger partial charge in [-0.25, -0.2) is 0 Å². The summed E-state index contributed by atoms with van der Waals surface area (Å²) in [5.41, 5.74) is 0.865. The number of nitriles is 1. The molecule has 1 atom stereocenters. The highest BCUT2D eigenvalue weighted by atomic mass is 14.9. The van der Waals surface area contributed by atoms with E-state index in [1.807, 2.05) is 30.3 Å². The maximum atomic E-state index is 9.18. The Morgan fingerprint density at radius 2 is 2.08 bits per heavy atom. The molecule has 1 unspecified atom stereocenters. The van der Waals surface area contributed by atoms with Gasteiger partial charge in [0.15, 0.2) is 0 Å². The Morgan fingerprint density at radius 1 is 1.31 bits per heavy atom. The SMILES string of the molecule is N#CC1(c2ccccc2)CCNC1. The van der Waals surface area contributed by atoms with Crippen molar-refractivity contribution in [2.24, 2.45) is 0 Å². The molecule has 0 aromatic heterocycles. The van der Waals surface area contributed by atoms with Crippen molar-refractivity contribution in [3.05, 3.63) is 35.9 Å². The summed E-state index contributed by atoms with van der Waals surface area (Å²) in [5.74, 6) is 0. The maximum absolute atomic E-state index is 9.18. The second kappa shape index (κ2) is 3.20. The molecule has 2 heteroatoms. The van der Waals surface area contributed by atoms with Gasteiger partial charge in [0.25, 0.3) is 0 Å². The second-order valence-electron chi connectivity index (χ2n) is 3.49. The Bertz CT molecular complexity index is 318. The van der Waals surface area contributed by atoms with Gasteiger partial charge in [-0.1, -0.05) is 30.3 Å². The zero-order chi connectivity index (χ0) is 9.15. The molecule has 0 saturated carbocycles. The molecule has 1 aliphatic heterocycles. The Hall–Kier alpha value is -1.33. The monoisotopic (exact) mass is 172 g/mol. The molecular formula is C11H12N2. The lowest BCUT2D eigenvalue weighted by Gasteiger charge is -2.19. The van der Waals surface area contributed by atoms with E-state index in [4.69, 9.17) is 0 Å². The van der Waals surface area contributed by atoms with Gasteiger partial charge in [0.2, 0.25) is 0 Å². The van der Waals surface area contributed by atoms with Gasteiger partial charge in [0, 0.05) is 6.54 Å². The van der Waals surface area contributed by atoms with E-state index in [1.165, 1.54) is 0 Å². The number of benzene rings is 1. The summed E-state index contributed by atoms with van der Waals surface area (Å²) >= 11 is 0. The quantitative estimate of drug-likeness (QED) is 0.695. The van der Waals surface area contributed by atoms with Gasteiger partial charge in [-0.2, -0.15) is 5.26 Å². The lowest BCUT2D eigenvalue weighted by molar-refractivity contribution is 0.610. The van der Waals surface area contributed by atoms with E-state index in [0.29, 0.717) is 0 Å². The third-order valence-corrected chi connectivity index (χ3v) is 2.70. The van der Waals surface area contributed by atoms with Crippen molar-refractivity contribution < 1.29 is 0 Å². The fourth-order valence-corrected chi connectivity index (χ4v) is 1.86. The molecular weight excluding hydrogens is 160 g/mol. The summed E-state index contributed by atoms with van der Waals surface area (Å²) in [6.45, 7) is 1.73. The highest BCUT2D eigenvalue weighted by Gasteiger charge is 2.35. The molecule has 1 fully saturated rings. The first-order valence-electron chi connectivity index (χ1n) is 4.55. The van der Waals surface area contributed by atoms with E-state index in [1.54, 1.807) is 0 Å². The minimum atomic E-state index is -0.277. The van der Waals surface area contributed by atoms with Crippen LogP contribution in [0.3, 0.4) is 0 Å². The van der Waals surface area contributed by atoms with Gasteiger partial charge in [-0.15, -0.1) is 0 Å². The van der Waals surface area contributed by atoms with Gasteiger partial charge < -0.3 is 5.32 Å². The summed E-state index contributed by atoms with van der Waals surface area (Å²) < 4.78 is 0. The predicted molar refractivity (Wildman–Crippen MR) is 51.2 cm³/mol. The van der Waals surface area contributed by atoms with Crippen molar-refractivity contribution in [2.45, 2.75) is 11.8 Å². The summed E-state index contributed by atoms with van der Waals surface area (Å²) in [6.07, 6.45) is 0.924. The molecule has 1 heterocycles. The van der Waals surface area contributed by atoms with Gasteiger partial charge in [-0.05, 0) is 18.5 Å². The van der Waals surface area contributed by atoms with Crippen molar-refractivity contribution in [3.63, 3.8) is 0 Å². The molecule has 2 nitrogen and oxygen atoms in total. The van der Waals surface area contributed by atoms with Crippen molar-refractivity contribution in [1.82, 2.24) is 5.32 Å². The third kappa shape index (κ3) is 1.32. The molecule has 0 radical (unpaired) electrons. The normalized spacial score (nSPS) is 27.0. The minimum Gasteiger partial charge on any atom is -0.315 e. The van der Waals surface area contributed by atoms with Crippen LogP contribution in [-0.4, -0.2) is 13.1 Å². The van der Waals surface area contributed by atoms with Crippen LogP contribution in [-0.2, 0) is 5.41 Å². The van der Waals surface area contributed by atoms with Gasteiger partial charge in [-0.3, -0.25) is 0 Å². The molecule has 66 valence electrons. The lowest BCUT2D eigenvalue weighted by Crippen LogP contribution is -2.26. The zero-order valence-electron chi connectivity index (χ0n) is 7.46. The number of nitrogens with zero attached hydrogens (tertiary/aromatic N) is 1. The second-order valence-corrected chi connectivity index (χ2v) is 3.49. The van der Waals surface area contributed by atoms with E-state index in [-0.39, 0.29) is 5.41 Å². The van der Waals surface area contributed by atoms with E-state index >= 15 is 0 Å². The van der Waals surface area contributed by atoms with Crippen LogP contribution < -0.4 is 5.32 Å². The first kappa shape index (κ1) is 8.28. The molecule has 0 amide bonds. The van der Waals surface area contributed by atoms with Crippen LogP contribution in [0, 0.1) is 11.3 Å². The van der Waals surface area contributed by atoms with E-state index < -0.39 is 0 Å². The largest absolute Gasteiger partial charge is 0.315 e. The molecule has 0 bridgehead atoms. The predicted octanol–water partition coefficient (Wildman–Crippen LogP) is 1.44. The standard InChI is InChI=1S/C11H12N2/c12-8-11(6-7-13-9-11)10-4-2-1-3-5-10/h1-5,13H,6-7,9H2. The number of nitrogens with one attached hydrogen (secondary N) is 1. The molecule has 0 spiro atoms. The van der Waals surface area contributed by atoms with Gasteiger partial charge >= 0.3 is 0 Å². The average molecular weight is 172 g/mol. The first-order chi connectivity index (χ1) is 6.37. The zero-order valence-corrected chi connectivity index (χ0v) is 7.46. The van der Waals surface area contributed by atoms with Crippen LogP contribution in [0.25, 0.3) is 0 Å². The van der Waals surface area contributed by atoms with Gasteiger partial charge in [0.1, 0.15) is 0 Å². The van der Waals surface area contributed by atoms with Crippen molar-refractivity contribution in [2.75, 3.05) is 13.1 Å². The summed E-state index contributed by atoms with van der Waals surface area (Å²) in [7, 11) is 0. The molecule has 1 aromatic carbocycles. The molecule has 1 saturated heterocycles. The van der Waals surface area contributed by atoms with Crippen LogP contribution in [0.15, 0.2) is 30.3 Å². The van der Waals surface area contributed by atoms with Gasteiger partial charge in [0.05, 0.1) is 11.5 Å². The Morgan fingerprint density at radius 3 is 2.62 bits per heavy atom. The Labute approximate surface area is 78.2 Å².